The highest BCUT2D eigenvalue weighted by molar-refractivity contribution is 5.95. The van der Waals surface area contributed by atoms with Crippen LogP contribution in [0.2, 0.25) is 0 Å². The molecule has 2 aliphatic heterocycles. The summed E-state index contributed by atoms with van der Waals surface area (Å²) in [6, 6.07) is 5.27. The van der Waals surface area contributed by atoms with Gasteiger partial charge in [-0.1, -0.05) is 6.92 Å². The van der Waals surface area contributed by atoms with Crippen LogP contribution in [0, 0.1) is 0 Å². The van der Waals surface area contributed by atoms with Crippen molar-refractivity contribution in [3.63, 3.8) is 0 Å². The van der Waals surface area contributed by atoms with Crippen molar-refractivity contribution < 1.29 is 19.1 Å². The van der Waals surface area contributed by atoms with Gasteiger partial charge < -0.3 is 24.6 Å². The van der Waals surface area contributed by atoms with Crippen molar-refractivity contribution in [1.29, 1.82) is 0 Å². The Morgan fingerprint density at radius 3 is 2.44 bits per heavy atom. The third-order valence-corrected chi connectivity index (χ3v) is 4.37. The largest absolute Gasteiger partial charge is 0.490 e. The Morgan fingerprint density at radius 1 is 1.04 bits per heavy atom. The summed E-state index contributed by atoms with van der Waals surface area (Å²) in [7, 11) is 0. The molecule has 3 amide bonds. The molecule has 1 aromatic rings. The number of urea groups is 1. The average molecular weight is 347 g/mol. The monoisotopic (exact) mass is 347 g/mol. The summed E-state index contributed by atoms with van der Waals surface area (Å²) in [4.78, 5) is 28.2. The van der Waals surface area contributed by atoms with Gasteiger partial charge in [0.1, 0.15) is 0 Å². The second-order valence-electron chi connectivity index (χ2n) is 6.22. The SMILES string of the molecule is CCCNC(=O)N1CCN(C(=O)c2ccc3c(c2)OCCCO3)CC1. The molecule has 0 atom stereocenters. The second kappa shape index (κ2) is 8.09. The molecule has 2 heterocycles. The number of carbonyl (C=O) groups is 2. The first-order valence-corrected chi connectivity index (χ1v) is 8.90. The van der Waals surface area contributed by atoms with E-state index in [1.807, 2.05) is 6.92 Å². The lowest BCUT2D eigenvalue weighted by atomic mass is 10.1. The minimum absolute atomic E-state index is 0.0377. The van der Waals surface area contributed by atoms with Crippen LogP contribution in [0.3, 0.4) is 0 Å². The molecule has 0 unspecified atom stereocenters. The highest BCUT2D eigenvalue weighted by Crippen LogP contribution is 2.30. The molecule has 7 heteroatoms. The van der Waals surface area contributed by atoms with E-state index < -0.39 is 0 Å². The number of rotatable bonds is 3. The number of hydrogen-bond donors (Lipinski definition) is 1. The number of nitrogens with one attached hydrogen (secondary N) is 1. The maximum absolute atomic E-state index is 12.7. The van der Waals surface area contributed by atoms with Crippen LogP contribution in [0.25, 0.3) is 0 Å². The first-order chi connectivity index (χ1) is 12.2. The van der Waals surface area contributed by atoms with E-state index in [4.69, 9.17) is 9.47 Å². The maximum Gasteiger partial charge on any atom is 0.317 e. The molecule has 0 bridgehead atoms. The van der Waals surface area contributed by atoms with Gasteiger partial charge in [-0.2, -0.15) is 0 Å². The molecule has 0 aromatic heterocycles. The summed E-state index contributed by atoms with van der Waals surface area (Å²) in [5.41, 5.74) is 0.591. The van der Waals surface area contributed by atoms with Gasteiger partial charge in [-0.3, -0.25) is 4.79 Å². The Hall–Kier alpha value is -2.44. The van der Waals surface area contributed by atoms with E-state index in [1.54, 1.807) is 28.0 Å². The minimum atomic E-state index is -0.0514. The van der Waals surface area contributed by atoms with Crippen LogP contribution < -0.4 is 14.8 Å². The lowest BCUT2D eigenvalue weighted by Crippen LogP contribution is -2.53. The van der Waals surface area contributed by atoms with E-state index >= 15 is 0 Å². The van der Waals surface area contributed by atoms with Crippen molar-refractivity contribution in [2.75, 3.05) is 45.9 Å². The maximum atomic E-state index is 12.7. The van der Waals surface area contributed by atoms with E-state index in [1.165, 1.54) is 0 Å². The quantitative estimate of drug-likeness (QED) is 0.904. The Morgan fingerprint density at radius 2 is 1.72 bits per heavy atom. The molecule has 1 fully saturated rings. The number of piperazine rings is 1. The van der Waals surface area contributed by atoms with Crippen molar-refractivity contribution in [1.82, 2.24) is 15.1 Å². The average Bonchev–Trinajstić information content (AvgIpc) is 2.90. The molecule has 0 spiro atoms. The van der Waals surface area contributed by atoms with E-state index in [0.29, 0.717) is 63.0 Å². The molecule has 3 rings (SSSR count). The third kappa shape index (κ3) is 4.15. The summed E-state index contributed by atoms with van der Waals surface area (Å²) in [5, 5.41) is 2.87. The van der Waals surface area contributed by atoms with Crippen molar-refractivity contribution in [2.45, 2.75) is 19.8 Å². The van der Waals surface area contributed by atoms with Crippen LogP contribution in [0.5, 0.6) is 11.5 Å². The van der Waals surface area contributed by atoms with Gasteiger partial charge in [0, 0.05) is 44.7 Å². The molecule has 136 valence electrons. The number of carbonyl (C=O) groups excluding carboxylic acids is 2. The highest BCUT2D eigenvalue weighted by atomic mass is 16.5. The molecule has 0 saturated carbocycles. The van der Waals surface area contributed by atoms with Gasteiger partial charge in [0.2, 0.25) is 0 Å². The van der Waals surface area contributed by atoms with E-state index in [-0.39, 0.29) is 11.9 Å². The van der Waals surface area contributed by atoms with Crippen molar-refractivity contribution in [3.8, 4) is 11.5 Å². The molecule has 0 radical (unpaired) electrons. The Labute approximate surface area is 147 Å². The van der Waals surface area contributed by atoms with E-state index in [9.17, 15) is 9.59 Å². The fourth-order valence-electron chi connectivity index (χ4n) is 2.94. The molecule has 7 nitrogen and oxygen atoms in total. The zero-order valence-electron chi connectivity index (χ0n) is 14.6. The number of hydrogen-bond acceptors (Lipinski definition) is 4. The van der Waals surface area contributed by atoms with Crippen molar-refractivity contribution >= 4 is 11.9 Å². The number of amides is 3. The predicted octanol–water partition coefficient (Wildman–Crippen LogP) is 1.73. The van der Waals surface area contributed by atoms with Crippen molar-refractivity contribution in [2.24, 2.45) is 0 Å². The molecule has 1 saturated heterocycles. The van der Waals surface area contributed by atoms with Crippen LogP contribution >= 0.6 is 0 Å². The van der Waals surface area contributed by atoms with E-state index in [2.05, 4.69) is 5.32 Å². The number of fused-ring (bicyclic) bond motifs is 1. The second-order valence-corrected chi connectivity index (χ2v) is 6.22. The predicted molar refractivity (Wildman–Crippen MR) is 93.2 cm³/mol. The fraction of sp³-hybridized carbons (Fsp3) is 0.556. The number of nitrogens with zero attached hydrogens (tertiary/aromatic N) is 2. The Kier molecular flexibility index (Phi) is 5.63. The zero-order valence-corrected chi connectivity index (χ0v) is 14.6. The Balaban J connectivity index is 1.59. The van der Waals surface area contributed by atoms with Gasteiger partial charge in [-0.05, 0) is 24.6 Å². The number of ether oxygens (including phenoxy) is 2. The molecule has 0 aliphatic carbocycles. The van der Waals surface area contributed by atoms with Gasteiger partial charge in [0.15, 0.2) is 11.5 Å². The van der Waals surface area contributed by atoms with Crippen LogP contribution in [0.4, 0.5) is 4.79 Å². The van der Waals surface area contributed by atoms with E-state index in [0.717, 1.165) is 12.8 Å². The molecule has 1 aromatic carbocycles. The van der Waals surface area contributed by atoms with Crippen LogP contribution in [0.15, 0.2) is 18.2 Å². The van der Waals surface area contributed by atoms with Gasteiger partial charge in [-0.25, -0.2) is 4.79 Å². The summed E-state index contributed by atoms with van der Waals surface area (Å²) >= 11 is 0. The molecule has 1 N–H and O–H groups in total. The normalized spacial score (nSPS) is 17.0. The zero-order chi connectivity index (χ0) is 17.6. The smallest absolute Gasteiger partial charge is 0.317 e. The first kappa shape index (κ1) is 17.4. The van der Waals surface area contributed by atoms with Crippen LogP contribution in [0.1, 0.15) is 30.1 Å². The van der Waals surface area contributed by atoms with Crippen LogP contribution in [-0.4, -0.2) is 67.7 Å². The molecule has 2 aliphatic rings. The van der Waals surface area contributed by atoms with Crippen LogP contribution in [-0.2, 0) is 0 Å². The lowest BCUT2D eigenvalue weighted by Gasteiger charge is -2.34. The summed E-state index contributed by atoms with van der Waals surface area (Å²) < 4.78 is 11.3. The van der Waals surface area contributed by atoms with Gasteiger partial charge >= 0.3 is 6.03 Å². The van der Waals surface area contributed by atoms with Gasteiger partial charge in [0.05, 0.1) is 13.2 Å². The Bertz CT molecular complexity index is 627. The highest BCUT2D eigenvalue weighted by Gasteiger charge is 2.25. The van der Waals surface area contributed by atoms with Crippen molar-refractivity contribution in [3.05, 3.63) is 23.8 Å². The number of benzene rings is 1. The summed E-state index contributed by atoms with van der Waals surface area (Å²) in [6.45, 7) is 6.08. The fourth-order valence-corrected chi connectivity index (χ4v) is 2.94. The molecular weight excluding hydrogens is 322 g/mol. The summed E-state index contributed by atoms with van der Waals surface area (Å²) in [6.07, 6.45) is 1.74. The van der Waals surface area contributed by atoms with Gasteiger partial charge in [0.25, 0.3) is 5.91 Å². The molecule has 25 heavy (non-hydrogen) atoms. The lowest BCUT2D eigenvalue weighted by molar-refractivity contribution is 0.0664. The molecular formula is C18H25N3O4. The topological polar surface area (TPSA) is 71.1 Å². The standard InChI is InChI=1S/C18H25N3O4/c1-2-6-19-18(23)21-9-7-20(8-10-21)17(22)14-4-5-15-16(13-14)25-12-3-11-24-15/h4-5,13H,2-3,6-12H2,1H3,(H,19,23). The first-order valence-electron chi connectivity index (χ1n) is 8.90. The third-order valence-electron chi connectivity index (χ3n) is 4.37. The summed E-state index contributed by atoms with van der Waals surface area (Å²) in [5.74, 6) is 1.27. The minimum Gasteiger partial charge on any atom is -0.490 e. The van der Waals surface area contributed by atoms with Gasteiger partial charge in [-0.15, -0.1) is 0 Å².